The number of nitrogen functional groups attached to an aromatic ring is 1. The number of ether oxygens (including phenoxy) is 3. The van der Waals surface area contributed by atoms with Gasteiger partial charge in [-0.15, -0.1) is 0 Å². The summed E-state index contributed by atoms with van der Waals surface area (Å²) in [7, 11) is 0. The molecule has 1 aromatic carbocycles. The van der Waals surface area contributed by atoms with E-state index in [1.807, 2.05) is 31.2 Å². The highest BCUT2D eigenvalue weighted by Crippen LogP contribution is 2.34. The van der Waals surface area contributed by atoms with Crippen molar-refractivity contribution >= 4 is 11.8 Å². The van der Waals surface area contributed by atoms with Gasteiger partial charge in [0.2, 0.25) is 12.7 Å². The molecule has 0 bridgehead atoms. The zero-order valence-electron chi connectivity index (χ0n) is 11.6. The number of fused-ring (bicyclic) bond motifs is 1. The molecule has 0 radical (unpaired) electrons. The Morgan fingerprint density at radius 2 is 2.10 bits per heavy atom. The van der Waals surface area contributed by atoms with Gasteiger partial charge in [-0.3, -0.25) is 0 Å². The molecule has 3 rings (SSSR count). The maximum atomic E-state index is 5.64. The number of hydrogen-bond donors (Lipinski definition) is 2. The fourth-order valence-electron chi connectivity index (χ4n) is 2.00. The van der Waals surface area contributed by atoms with Gasteiger partial charge in [0, 0.05) is 17.8 Å². The number of nitrogens with zero attached hydrogens (tertiary/aromatic N) is 2. The summed E-state index contributed by atoms with van der Waals surface area (Å²) in [5, 5.41) is 3.14. The van der Waals surface area contributed by atoms with Crippen LogP contribution in [0.25, 0.3) is 0 Å². The molecular weight excluding hydrogens is 272 g/mol. The Balaban J connectivity index is 1.50. The lowest BCUT2D eigenvalue weighted by Gasteiger charge is -2.09. The van der Waals surface area contributed by atoms with E-state index in [0.29, 0.717) is 24.7 Å². The van der Waals surface area contributed by atoms with E-state index in [-0.39, 0.29) is 12.7 Å². The molecule has 0 saturated carbocycles. The summed E-state index contributed by atoms with van der Waals surface area (Å²) in [4.78, 5) is 8.10. The average Bonchev–Trinajstić information content (AvgIpc) is 2.90. The molecule has 7 nitrogen and oxygen atoms in total. The van der Waals surface area contributed by atoms with Gasteiger partial charge in [-0.05, 0) is 19.1 Å². The van der Waals surface area contributed by atoms with Crippen molar-refractivity contribution < 1.29 is 14.2 Å². The molecule has 2 aromatic rings. The molecular formula is C14H16N4O3. The highest BCUT2D eigenvalue weighted by Gasteiger charge is 2.13. The molecule has 3 N–H and O–H groups in total. The summed E-state index contributed by atoms with van der Waals surface area (Å²) in [6, 6.07) is 7.33. The van der Waals surface area contributed by atoms with Crippen molar-refractivity contribution in [1.29, 1.82) is 0 Å². The van der Waals surface area contributed by atoms with Crippen molar-refractivity contribution in [2.45, 2.75) is 6.92 Å². The summed E-state index contributed by atoms with van der Waals surface area (Å²) >= 11 is 0. The summed E-state index contributed by atoms with van der Waals surface area (Å²) in [6.45, 7) is 3.22. The van der Waals surface area contributed by atoms with Crippen molar-refractivity contribution in [3.63, 3.8) is 0 Å². The summed E-state index contributed by atoms with van der Waals surface area (Å²) in [5.41, 5.74) is 6.41. The van der Waals surface area contributed by atoms with E-state index in [2.05, 4.69) is 15.3 Å². The van der Waals surface area contributed by atoms with Crippen LogP contribution >= 0.6 is 0 Å². The number of aromatic nitrogens is 2. The molecule has 1 aromatic heterocycles. The van der Waals surface area contributed by atoms with Gasteiger partial charge in [0.1, 0.15) is 18.2 Å². The van der Waals surface area contributed by atoms with E-state index in [0.717, 1.165) is 17.2 Å². The lowest BCUT2D eigenvalue weighted by Crippen LogP contribution is -2.13. The fourth-order valence-corrected chi connectivity index (χ4v) is 2.00. The van der Waals surface area contributed by atoms with Crippen LogP contribution in [0.15, 0.2) is 24.3 Å². The Hall–Kier alpha value is -2.70. The second-order valence-corrected chi connectivity index (χ2v) is 4.54. The normalized spacial score (nSPS) is 12.2. The standard InChI is InChI=1S/C14H16N4O3/c1-9-6-13(18-14(15)17-9)16-4-5-19-10-2-3-11-12(7-10)21-8-20-11/h2-3,6-7H,4-5,8H2,1H3,(H3,15,16,17,18). The van der Waals surface area contributed by atoms with E-state index in [9.17, 15) is 0 Å². The number of nitrogens with two attached hydrogens (primary N) is 1. The Morgan fingerprint density at radius 1 is 1.24 bits per heavy atom. The third kappa shape index (κ3) is 3.25. The first-order chi connectivity index (χ1) is 10.2. The highest BCUT2D eigenvalue weighted by atomic mass is 16.7. The van der Waals surface area contributed by atoms with Crippen LogP contribution in [-0.2, 0) is 0 Å². The van der Waals surface area contributed by atoms with Gasteiger partial charge in [-0.25, -0.2) is 4.98 Å². The minimum atomic E-state index is 0.259. The van der Waals surface area contributed by atoms with Gasteiger partial charge in [-0.1, -0.05) is 0 Å². The lowest BCUT2D eigenvalue weighted by molar-refractivity contribution is 0.174. The molecule has 2 heterocycles. The van der Waals surface area contributed by atoms with E-state index in [1.165, 1.54) is 0 Å². The number of rotatable bonds is 5. The van der Waals surface area contributed by atoms with E-state index < -0.39 is 0 Å². The van der Waals surface area contributed by atoms with E-state index >= 15 is 0 Å². The number of hydrogen-bond acceptors (Lipinski definition) is 7. The molecule has 1 aliphatic rings. The molecule has 21 heavy (non-hydrogen) atoms. The quantitative estimate of drug-likeness (QED) is 0.807. The molecule has 0 unspecified atom stereocenters. The van der Waals surface area contributed by atoms with Crippen LogP contribution in [0.1, 0.15) is 5.69 Å². The molecule has 0 amide bonds. The molecule has 0 spiro atoms. The van der Waals surface area contributed by atoms with Crippen LogP contribution in [-0.4, -0.2) is 29.9 Å². The molecule has 0 saturated heterocycles. The minimum Gasteiger partial charge on any atom is -0.492 e. The summed E-state index contributed by atoms with van der Waals surface area (Å²) < 4.78 is 16.2. The van der Waals surface area contributed by atoms with Gasteiger partial charge in [0.25, 0.3) is 0 Å². The largest absolute Gasteiger partial charge is 0.492 e. The fraction of sp³-hybridized carbons (Fsp3) is 0.286. The average molecular weight is 288 g/mol. The number of aryl methyl sites for hydroxylation is 1. The smallest absolute Gasteiger partial charge is 0.231 e. The second-order valence-electron chi connectivity index (χ2n) is 4.54. The maximum absolute atomic E-state index is 5.64. The van der Waals surface area contributed by atoms with Gasteiger partial charge in [-0.2, -0.15) is 4.98 Å². The lowest BCUT2D eigenvalue weighted by atomic mass is 10.3. The molecule has 0 fully saturated rings. The predicted molar refractivity (Wildman–Crippen MR) is 77.7 cm³/mol. The van der Waals surface area contributed by atoms with Gasteiger partial charge < -0.3 is 25.3 Å². The van der Waals surface area contributed by atoms with Crippen molar-refractivity contribution in [3.05, 3.63) is 30.0 Å². The van der Waals surface area contributed by atoms with Crippen molar-refractivity contribution in [3.8, 4) is 17.2 Å². The Kier molecular flexibility index (Phi) is 3.63. The van der Waals surface area contributed by atoms with Crippen molar-refractivity contribution in [1.82, 2.24) is 9.97 Å². The maximum Gasteiger partial charge on any atom is 0.231 e. The van der Waals surface area contributed by atoms with Gasteiger partial charge in [0.15, 0.2) is 11.5 Å². The molecule has 7 heteroatoms. The highest BCUT2D eigenvalue weighted by molar-refractivity contribution is 5.47. The Labute approximate surface area is 122 Å². The topological polar surface area (TPSA) is 91.5 Å². The van der Waals surface area contributed by atoms with Crippen LogP contribution in [0.4, 0.5) is 11.8 Å². The van der Waals surface area contributed by atoms with Gasteiger partial charge in [0.05, 0.1) is 6.54 Å². The summed E-state index contributed by atoms with van der Waals surface area (Å²) in [6.07, 6.45) is 0. The molecule has 1 aliphatic heterocycles. The Bertz CT molecular complexity index is 628. The first-order valence-corrected chi connectivity index (χ1v) is 6.58. The zero-order valence-corrected chi connectivity index (χ0v) is 11.6. The first kappa shape index (κ1) is 13.3. The van der Waals surface area contributed by atoms with Crippen LogP contribution in [0.5, 0.6) is 17.2 Å². The molecule has 0 atom stereocenters. The van der Waals surface area contributed by atoms with Gasteiger partial charge >= 0.3 is 0 Å². The third-order valence-corrected chi connectivity index (χ3v) is 2.89. The Morgan fingerprint density at radius 3 is 2.95 bits per heavy atom. The predicted octanol–water partition coefficient (Wildman–Crippen LogP) is 1.59. The zero-order chi connectivity index (χ0) is 14.7. The summed E-state index contributed by atoms with van der Waals surface area (Å²) in [5.74, 6) is 3.13. The van der Waals surface area contributed by atoms with Crippen LogP contribution in [0.2, 0.25) is 0 Å². The van der Waals surface area contributed by atoms with E-state index in [1.54, 1.807) is 0 Å². The van der Waals surface area contributed by atoms with Crippen molar-refractivity contribution in [2.24, 2.45) is 0 Å². The van der Waals surface area contributed by atoms with Crippen LogP contribution < -0.4 is 25.3 Å². The van der Waals surface area contributed by atoms with Crippen molar-refractivity contribution in [2.75, 3.05) is 31.0 Å². The minimum absolute atomic E-state index is 0.259. The number of nitrogens with one attached hydrogen (secondary N) is 1. The SMILES string of the molecule is Cc1cc(NCCOc2ccc3c(c2)OCO3)nc(N)n1. The second kappa shape index (κ2) is 5.74. The molecule has 0 aliphatic carbocycles. The first-order valence-electron chi connectivity index (χ1n) is 6.58. The van der Waals surface area contributed by atoms with E-state index in [4.69, 9.17) is 19.9 Å². The molecule has 110 valence electrons. The monoisotopic (exact) mass is 288 g/mol. The van der Waals surface area contributed by atoms with Crippen LogP contribution in [0, 0.1) is 6.92 Å². The number of benzene rings is 1. The third-order valence-electron chi connectivity index (χ3n) is 2.89. The van der Waals surface area contributed by atoms with Crippen LogP contribution in [0.3, 0.4) is 0 Å². The number of anilines is 2.